The number of carbonyl (C=O) groups excluding carboxylic acids is 1. The lowest BCUT2D eigenvalue weighted by atomic mass is 9.88. The van der Waals surface area contributed by atoms with Crippen LogP contribution in [0.2, 0.25) is 0 Å². The molecule has 2 rings (SSSR count). The largest absolute Gasteiger partial charge is 0.497 e. The number of rotatable bonds is 3. The second kappa shape index (κ2) is 3.77. The number of Topliss-reactive ketones (excluding diaryl/α,β-unsaturated/α-hetero) is 1. The molecule has 3 nitrogen and oxygen atoms in total. The van der Waals surface area contributed by atoms with Gasteiger partial charge in [0, 0.05) is 12.0 Å². The molecule has 0 fully saturated rings. The van der Waals surface area contributed by atoms with Crippen molar-refractivity contribution in [3.8, 4) is 5.75 Å². The minimum atomic E-state index is 0.0725. The molecule has 1 aromatic rings. The maximum absolute atomic E-state index is 11.2. The predicted octanol–water partition coefficient (Wildman–Crippen LogP) is 2.03. The van der Waals surface area contributed by atoms with Gasteiger partial charge in [-0.05, 0) is 17.7 Å². The van der Waals surface area contributed by atoms with Crippen LogP contribution in [0.5, 0.6) is 5.75 Å². The molecule has 0 N–H and O–H groups in total. The Morgan fingerprint density at radius 2 is 1.73 bits per heavy atom. The Hall–Kier alpha value is -1.77. The van der Waals surface area contributed by atoms with Crippen LogP contribution in [0.4, 0.5) is 0 Å². The van der Waals surface area contributed by atoms with Crippen molar-refractivity contribution >= 4 is 11.4 Å². The van der Waals surface area contributed by atoms with Gasteiger partial charge in [-0.3, -0.25) is 4.79 Å². The fraction of sp³-hybridized carbons (Fsp3) is 0.250. The van der Waals surface area contributed by atoms with Gasteiger partial charge in [-0.1, -0.05) is 12.1 Å². The lowest BCUT2D eigenvalue weighted by Crippen LogP contribution is -2.18. The first-order valence-electron chi connectivity index (χ1n) is 4.71. The van der Waals surface area contributed by atoms with Gasteiger partial charge in [-0.15, -0.1) is 0 Å². The molecule has 15 heavy (non-hydrogen) atoms. The molecule has 0 aliphatic heterocycles. The first-order valence-corrected chi connectivity index (χ1v) is 4.71. The highest BCUT2D eigenvalue weighted by Gasteiger charge is 2.29. The Bertz CT molecular complexity index is 415. The summed E-state index contributed by atoms with van der Waals surface area (Å²) in [6.07, 6.45) is 0.468. The molecule has 0 spiro atoms. The predicted molar refractivity (Wildman–Crippen MR) is 56.5 cm³/mol. The van der Waals surface area contributed by atoms with E-state index in [0.717, 1.165) is 16.9 Å². The normalized spacial score (nSPS) is 14.9. The molecule has 78 valence electrons. The molecule has 1 aliphatic rings. The fourth-order valence-electron chi connectivity index (χ4n) is 1.65. The van der Waals surface area contributed by atoms with E-state index in [1.165, 1.54) is 7.11 Å². The van der Waals surface area contributed by atoms with Crippen LogP contribution in [0.25, 0.3) is 5.57 Å². The summed E-state index contributed by atoms with van der Waals surface area (Å²) >= 11 is 0. The smallest absolute Gasteiger partial charge is 0.202 e. The number of benzene rings is 1. The Kier molecular flexibility index (Phi) is 2.46. The molecular weight excluding hydrogens is 192 g/mol. The van der Waals surface area contributed by atoms with E-state index in [0.29, 0.717) is 12.2 Å². The van der Waals surface area contributed by atoms with Crippen LogP contribution in [-0.4, -0.2) is 20.0 Å². The highest BCUT2D eigenvalue weighted by molar-refractivity contribution is 6.15. The van der Waals surface area contributed by atoms with Gasteiger partial charge in [0.15, 0.2) is 5.76 Å². The number of hydrogen-bond acceptors (Lipinski definition) is 3. The third-order valence-electron chi connectivity index (χ3n) is 2.51. The number of ketones is 1. The van der Waals surface area contributed by atoms with Crippen molar-refractivity contribution in [3.05, 3.63) is 35.6 Å². The molecule has 3 heteroatoms. The van der Waals surface area contributed by atoms with Crippen molar-refractivity contribution in [1.29, 1.82) is 0 Å². The Morgan fingerprint density at radius 3 is 2.20 bits per heavy atom. The lowest BCUT2D eigenvalue weighted by Gasteiger charge is -2.21. The van der Waals surface area contributed by atoms with Gasteiger partial charge < -0.3 is 9.47 Å². The summed E-state index contributed by atoms with van der Waals surface area (Å²) in [5, 5.41) is 0. The summed E-state index contributed by atoms with van der Waals surface area (Å²) in [5.74, 6) is 1.37. The van der Waals surface area contributed by atoms with Crippen molar-refractivity contribution < 1.29 is 14.3 Å². The third kappa shape index (κ3) is 1.61. The quantitative estimate of drug-likeness (QED) is 0.755. The average Bonchev–Trinajstić information content (AvgIpc) is 2.26. The van der Waals surface area contributed by atoms with E-state index < -0.39 is 0 Å². The van der Waals surface area contributed by atoms with E-state index in [1.54, 1.807) is 7.11 Å². The van der Waals surface area contributed by atoms with E-state index in [-0.39, 0.29) is 5.78 Å². The lowest BCUT2D eigenvalue weighted by molar-refractivity contribution is -0.119. The van der Waals surface area contributed by atoms with E-state index in [1.807, 2.05) is 24.3 Å². The molecule has 0 radical (unpaired) electrons. The summed E-state index contributed by atoms with van der Waals surface area (Å²) in [6.45, 7) is 0. The monoisotopic (exact) mass is 204 g/mol. The Morgan fingerprint density at radius 1 is 1.07 bits per heavy atom. The zero-order chi connectivity index (χ0) is 10.8. The number of ether oxygens (including phenoxy) is 2. The van der Waals surface area contributed by atoms with Crippen LogP contribution in [0.1, 0.15) is 12.0 Å². The zero-order valence-electron chi connectivity index (χ0n) is 8.74. The minimum Gasteiger partial charge on any atom is -0.497 e. The van der Waals surface area contributed by atoms with Gasteiger partial charge in [-0.25, -0.2) is 0 Å². The summed E-state index contributed by atoms with van der Waals surface area (Å²) in [4.78, 5) is 11.2. The van der Waals surface area contributed by atoms with E-state index >= 15 is 0 Å². The molecule has 0 amide bonds. The fourth-order valence-corrected chi connectivity index (χ4v) is 1.65. The first-order chi connectivity index (χ1) is 7.26. The Balaban J connectivity index is 2.31. The summed E-state index contributed by atoms with van der Waals surface area (Å²) < 4.78 is 10.1. The second-order valence-electron chi connectivity index (χ2n) is 3.34. The molecular formula is C12H12O3. The number of hydrogen-bond donors (Lipinski definition) is 0. The minimum absolute atomic E-state index is 0.0725. The van der Waals surface area contributed by atoms with Gasteiger partial charge in [-0.2, -0.15) is 0 Å². The van der Waals surface area contributed by atoms with E-state index in [2.05, 4.69) is 0 Å². The number of carbonyl (C=O) groups is 1. The van der Waals surface area contributed by atoms with Crippen LogP contribution in [0.15, 0.2) is 30.0 Å². The van der Waals surface area contributed by atoms with Crippen LogP contribution in [-0.2, 0) is 9.53 Å². The Labute approximate surface area is 88.3 Å². The molecule has 0 saturated carbocycles. The van der Waals surface area contributed by atoms with Crippen LogP contribution in [0.3, 0.4) is 0 Å². The third-order valence-corrected chi connectivity index (χ3v) is 2.51. The number of methoxy groups -OCH3 is 2. The maximum Gasteiger partial charge on any atom is 0.202 e. The van der Waals surface area contributed by atoms with Crippen molar-refractivity contribution in [2.24, 2.45) is 0 Å². The molecule has 0 aromatic heterocycles. The van der Waals surface area contributed by atoms with Crippen LogP contribution >= 0.6 is 0 Å². The van der Waals surface area contributed by atoms with Crippen molar-refractivity contribution in [2.45, 2.75) is 6.42 Å². The topological polar surface area (TPSA) is 35.5 Å². The van der Waals surface area contributed by atoms with E-state index in [9.17, 15) is 4.79 Å². The van der Waals surface area contributed by atoms with Gasteiger partial charge >= 0.3 is 0 Å². The summed E-state index contributed by atoms with van der Waals surface area (Å²) in [5.41, 5.74) is 2.00. The molecule has 0 bridgehead atoms. The zero-order valence-corrected chi connectivity index (χ0v) is 8.74. The number of allylic oxidation sites excluding steroid dienone is 2. The summed E-state index contributed by atoms with van der Waals surface area (Å²) in [6, 6.07) is 7.61. The SMILES string of the molecule is COC1=C(c2ccc(OC)cc2)CC1=O. The van der Waals surface area contributed by atoms with Crippen molar-refractivity contribution in [2.75, 3.05) is 14.2 Å². The second-order valence-corrected chi connectivity index (χ2v) is 3.34. The molecule has 0 heterocycles. The van der Waals surface area contributed by atoms with Gasteiger partial charge in [0.1, 0.15) is 5.75 Å². The van der Waals surface area contributed by atoms with Gasteiger partial charge in [0.25, 0.3) is 0 Å². The van der Waals surface area contributed by atoms with E-state index in [4.69, 9.17) is 9.47 Å². The standard InChI is InChI=1S/C12H12O3/c1-14-9-5-3-8(4-6-9)10-7-11(13)12(10)15-2/h3-6H,7H2,1-2H3. The molecule has 1 aliphatic carbocycles. The average molecular weight is 204 g/mol. The first kappa shape index (κ1) is 9.77. The van der Waals surface area contributed by atoms with Crippen molar-refractivity contribution in [3.63, 3.8) is 0 Å². The van der Waals surface area contributed by atoms with Crippen LogP contribution in [0, 0.1) is 0 Å². The van der Waals surface area contributed by atoms with Crippen LogP contribution < -0.4 is 4.74 Å². The summed E-state index contributed by atoms with van der Waals surface area (Å²) in [7, 11) is 3.15. The van der Waals surface area contributed by atoms with Gasteiger partial charge in [0.05, 0.1) is 14.2 Å². The molecule has 0 atom stereocenters. The van der Waals surface area contributed by atoms with Crippen molar-refractivity contribution in [1.82, 2.24) is 0 Å². The van der Waals surface area contributed by atoms with Gasteiger partial charge in [0.2, 0.25) is 5.78 Å². The molecule has 0 saturated heterocycles. The molecule has 0 unspecified atom stereocenters. The highest BCUT2D eigenvalue weighted by atomic mass is 16.5. The maximum atomic E-state index is 11.2. The molecule has 1 aromatic carbocycles. The highest BCUT2D eigenvalue weighted by Crippen LogP contribution is 2.34.